The van der Waals surface area contributed by atoms with Crippen LogP contribution in [0, 0.1) is 5.82 Å². The zero-order valence-corrected chi connectivity index (χ0v) is 17.8. The van der Waals surface area contributed by atoms with Gasteiger partial charge in [-0.3, -0.25) is 9.78 Å². The van der Waals surface area contributed by atoms with Crippen LogP contribution in [0.15, 0.2) is 41.5 Å². The molecule has 0 aromatic carbocycles. The number of pyridine rings is 3. The number of ether oxygens (including phenoxy) is 2. The minimum atomic E-state index is -0.433. The summed E-state index contributed by atoms with van der Waals surface area (Å²) < 4.78 is 26.3. The molecule has 9 heteroatoms. The minimum Gasteiger partial charge on any atom is -0.484 e. The van der Waals surface area contributed by atoms with Crippen molar-refractivity contribution in [2.24, 2.45) is 0 Å². The minimum absolute atomic E-state index is 0.130. The molecular formula is C23H26FN5O3. The van der Waals surface area contributed by atoms with Crippen LogP contribution >= 0.6 is 0 Å². The fourth-order valence-corrected chi connectivity index (χ4v) is 4.31. The van der Waals surface area contributed by atoms with E-state index in [0.717, 1.165) is 44.6 Å². The summed E-state index contributed by atoms with van der Waals surface area (Å²) >= 11 is 0. The monoisotopic (exact) mass is 439 g/mol. The van der Waals surface area contributed by atoms with Gasteiger partial charge in [-0.2, -0.15) is 0 Å². The van der Waals surface area contributed by atoms with Gasteiger partial charge in [0.2, 0.25) is 0 Å². The quantitative estimate of drug-likeness (QED) is 0.629. The summed E-state index contributed by atoms with van der Waals surface area (Å²) in [7, 11) is 0. The normalized spacial score (nSPS) is 17.0. The standard InChI is InChI=1S/C23H26FN5O3/c24-17-12-20-19(26-15-17)1-2-22(30)29(20)8-7-28-5-3-18(4-6-28)25-13-16-11-21-23(27-14-16)32-10-9-31-21/h1-2,11-12,14-15,18,25H,3-10,13H2. The average molecular weight is 439 g/mol. The van der Waals surface area contributed by atoms with Gasteiger partial charge in [0.05, 0.1) is 17.2 Å². The van der Waals surface area contributed by atoms with Gasteiger partial charge in [0.25, 0.3) is 11.4 Å². The first-order valence-corrected chi connectivity index (χ1v) is 11.0. The van der Waals surface area contributed by atoms with Crippen molar-refractivity contribution < 1.29 is 13.9 Å². The highest BCUT2D eigenvalue weighted by Gasteiger charge is 2.20. The first-order chi connectivity index (χ1) is 15.7. The van der Waals surface area contributed by atoms with Gasteiger partial charge in [-0.25, -0.2) is 9.37 Å². The molecule has 0 bridgehead atoms. The van der Waals surface area contributed by atoms with Gasteiger partial charge in [0.1, 0.15) is 19.0 Å². The summed E-state index contributed by atoms with van der Waals surface area (Å²) in [5, 5.41) is 3.61. The van der Waals surface area contributed by atoms with Crippen molar-refractivity contribution in [3.8, 4) is 11.6 Å². The largest absolute Gasteiger partial charge is 0.484 e. The summed E-state index contributed by atoms with van der Waals surface area (Å²) in [4.78, 5) is 23.1. The Morgan fingerprint density at radius 2 is 1.91 bits per heavy atom. The Labute approximate surface area is 185 Å². The lowest BCUT2D eigenvalue weighted by molar-refractivity contribution is 0.164. The first-order valence-electron chi connectivity index (χ1n) is 11.0. The van der Waals surface area contributed by atoms with Crippen LogP contribution in [0.5, 0.6) is 11.6 Å². The number of halogens is 1. The Morgan fingerprint density at radius 1 is 1.06 bits per heavy atom. The van der Waals surface area contributed by atoms with Crippen molar-refractivity contribution in [2.45, 2.75) is 32.0 Å². The highest BCUT2D eigenvalue weighted by Crippen LogP contribution is 2.28. The average Bonchev–Trinajstić information content (AvgIpc) is 2.82. The van der Waals surface area contributed by atoms with E-state index >= 15 is 0 Å². The molecule has 0 amide bonds. The van der Waals surface area contributed by atoms with E-state index in [0.29, 0.717) is 48.5 Å². The van der Waals surface area contributed by atoms with E-state index < -0.39 is 5.82 Å². The van der Waals surface area contributed by atoms with Gasteiger partial charge in [-0.15, -0.1) is 0 Å². The molecule has 1 saturated heterocycles. The molecule has 0 radical (unpaired) electrons. The Morgan fingerprint density at radius 3 is 2.78 bits per heavy atom. The Kier molecular flexibility index (Phi) is 6.00. The number of fused-ring (bicyclic) bond motifs is 2. The first kappa shape index (κ1) is 20.8. The zero-order valence-electron chi connectivity index (χ0n) is 17.8. The van der Waals surface area contributed by atoms with E-state index in [1.54, 1.807) is 10.6 Å². The molecular weight excluding hydrogens is 413 g/mol. The molecule has 0 spiro atoms. The molecule has 0 aliphatic carbocycles. The topological polar surface area (TPSA) is 81.5 Å². The third-order valence-electron chi connectivity index (χ3n) is 6.08. The van der Waals surface area contributed by atoms with Crippen molar-refractivity contribution >= 4 is 11.0 Å². The molecule has 1 fully saturated rings. The fourth-order valence-electron chi connectivity index (χ4n) is 4.31. The molecule has 2 aliphatic heterocycles. The summed E-state index contributed by atoms with van der Waals surface area (Å²) in [6.07, 6.45) is 5.06. The van der Waals surface area contributed by atoms with Gasteiger partial charge in [0.15, 0.2) is 5.75 Å². The van der Waals surface area contributed by atoms with Gasteiger partial charge in [-0.1, -0.05) is 0 Å². The Hall–Kier alpha value is -3.04. The van der Waals surface area contributed by atoms with Crippen LogP contribution in [0.1, 0.15) is 18.4 Å². The SMILES string of the molecule is O=c1ccc2ncc(F)cc2n1CCN1CCC(NCc2cnc3c(c2)OCCO3)CC1. The molecule has 1 N–H and O–H groups in total. The highest BCUT2D eigenvalue weighted by molar-refractivity contribution is 5.74. The Balaban J connectivity index is 1.13. The van der Waals surface area contributed by atoms with Crippen molar-refractivity contribution in [3.05, 3.63) is 58.4 Å². The third-order valence-corrected chi connectivity index (χ3v) is 6.08. The summed E-state index contributed by atoms with van der Waals surface area (Å²) in [5.74, 6) is 0.846. The van der Waals surface area contributed by atoms with E-state index in [1.165, 1.54) is 18.3 Å². The maximum Gasteiger partial charge on any atom is 0.257 e. The van der Waals surface area contributed by atoms with Crippen molar-refractivity contribution in [1.29, 1.82) is 0 Å². The van der Waals surface area contributed by atoms with Gasteiger partial charge in [-0.05, 0) is 43.6 Å². The maximum absolute atomic E-state index is 13.7. The predicted octanol–water partition coefficient (Wildman–Crippen LogP) is 1.96. The second kappa shape index (κ2) is 9.22. The van der Waals surface area contributed by atoms with Crippen LogP contribution in [0.4, 0.5) is 4.39 Å². The molecule has 168 valence electrons. The summed E-state index contributed by atoms with van der Waals surface area (Å²) in [5.41, 5.74) is 2.12. The Bertz CT molecular complexity index is 1160. The molecule has 8 nitrogen and oxygen atoms in total. The number of aromatic nitrogens is 3. The van der Waals surface area contributed by atoms with Crippen LogP contribution in [-0.2, 0) is 13.1 Å². The van der Waals surface area contributed by atoms with Crippen molar-refractivity contribution in [1.82, 2.24) is 24.8 Å². The van der Waals surface area contributed by atoms with E-state index in [-0.39, 0.29) is 5.56 Å². The lowest BCUT2D eigenvalue weighted by Gasteiger charge is -2.32. The number of rotatable bonds is 6. The highest BCUT2D eigenvalue weighted by atomic mass is 19.1. The van der Waals surface area contributed by atoms with Gasteiger partial charge in [0, 0.05) is 44.0 Å². The molecule has 32 heavy (non-hydrogen) atoms. The van der Waals surface area contributed by atoms with E-state index in [9.17, 15) is 9.18 Å². The number of likely N-dealkylation sites (tertiary alicyclic amines) is 1. The van der Waals surface area contributed by atoms with E-state index in [2.05, 4.69) is 20.2 Å². The lowest BCUT2D eigenvalue weighted by Crippen LogP contribution is -2.43. The van der Waals surface area contributed by atoms with Crippen LogP contribution in [0.25, 0.3) is 11.0 Å². The smallest absolute Gasteiger partial charge is 0.257 e. The second-order valence-corrected chi connectivity index (χ2v) is 8.22. The zero-order chi connectivity index (χ0) is 21.9. The maximum atomic E-state index is 13.7. The van der Waals surface area contributed by atoms with Crippen molar-refractivity contribution in [2.75, 3.05) is 32.8 Å². The second-order valence-electron chi connectivity index (χ2n) is 8.22. The number of hydrogen-bond acceptors (Lipinski definition) is 7. The number of piperidine rings is 1. The molecule has 3 aromatic heterocycles. The van der Waals surface area contributed by atoms with E-state index in [1.807, 2.05) is 12.3 Å². The molecule has 5 rings (SSSR count). The lowest BCUT2D eigenvalue weighted by atomic mass is 10.0. The van der Waals surface area contributed by atoms with Crippen LogP contribution in [0.3, 0.4) is 0 Å². The summed E-state index contributed by atoms with van der Waals surface area (Å²) in [6.45, 7) is 4.99. The molecule has 3 aromatic rings. The molecule has 5 heterocycles. The molecule has 0 unspecified atom stereocenters. The molecule has 0 atom stereocenters. The number of hydrogen-bond donors (Lipinski definition) is 1. The predicted molar refractivity (Wildman–Crippen MR) is 117 cm³/mol. The summed E-state index contributed by atoms with van der Waals surface area (Å²) in [6, 6.07) is 6.94. The van der Waals surface area contributed by atoms with E-state index in [4.69, 9.17) is 9.47 Å². The van der Waals surface area contributed by atoms with Crippen LogP contribution in [-0.4, -0.2) is 58.3 Å². The van der Waals surface area contributed by atoms with Gasteiger partial charge >= 0.3 is 0 Å². The third kappa shape index (κ3) is 4.58. The molecule has 2 aliphatic rings. The number of nitrogens with zero attached hydrogens (tertiary/aromatic N) is 4. The van der Waals surface area contributed by atoms with Crippen LogP contribution < -0.4 is 20.3 Å². The van der Waals surface area contributed by atoms with Gasteiger partial charge < -0.3 is 24.3 Å². The number of nitrogens with one attached hydrogen (secondary N) is 1. The van der Waals surface area contributed by atoms with Crippen molar-refractivity contribution in [3.63, 3.8) is 0 Å². The molecule has 0 saturated carbocycles. The fraction of sp³-hybridized carbons (Fsp3) is 0.435. The van der Waals surface area contributed by atoms with Crippen LogP contribution in [0.2, 0.25) is 0 Å².